The highest BCUT2D eigenvalue weighted by molar-refractivity contribution is 6.17. The summed E-state index contributed by atoms with van der Waals surface area (Å²) in [5, 5.41) is 16.1. The van der Waals surface area contributed by atoms with Gasteiger partial charge in [0, 0.05) is 43.9 Å². The van der Waals surface area contributed by atoms with Crippen LogP contribution in [0.2, 0.25) is 0 Å². The molecule has 0 amide bonds. The Morgan fingerprint density at radius 3 is 1.47 bits per heavy atom. The number of aromatic nitrogens is 4. The Morgan fingerprint density at radius 1 is 0.271 bits per heavy atom. The summed E-state index contributed by atoms with van der Waals surface area (Å²) < 4.78 is 8.97. The third kappa shape index (κ3) is 5.82. The van der Waals surface area contributed by atoms with Crippen molar-refractivity contribution in [3.8, 4) is 51.0 Å². The Balaban J connectivity index is 1.05. The van der Waals surface area contributed by atoms with E-state index in [1.165, 1.54) is 43.1 Å². The van der Waals surface area contributed by atoms with Crippen LogP contribution in [-0.2, 0) is 0 Å². The fourth-order valence-electron chi connectivity index (χ4n) is 11.2. The zero-order chi connectivity index (χ0) is 45.9. The molecule has 0 aliphatic heterocycles. The van der Waals surface area contributed by atoms with Crippen LogP contribution >= 0.6 is 0 Å². The van der Waals surface area contributed by atoms with Gasteiger partial charge >= 0.3 is 0 Å². The topological polar surface area (TPSA) is 56.7 Å². The highest BCUT2D eigenvalue weighted by Gasteiger charge is 2.23. The summed E-state index contributed by atoms with van der Waals surface area (Å²) >= 11 is 0. The monoisotopic (exact) mass is 890 g/mol. The standard InChI is InChI=1S/C65H38N4O/c1-2-17-42-37-59-57(36-41(42)16-1)50-20-7-9-27-58(50)69(59)43-32-35-54(56(38-43)51-24-13-29-61-62(51)55-21-8-10-28-60(55)70-61)65-67-63(52-25-11-22-46-44-18-5-3-14-39(44)30-33-48(46)52)66-64(68-65)53-26-12-23-47-45-19-6-4-15-40(45)31-34-49(47)53/h1-38H. The minimum Gasteiger partial charge on any atom is -0.456 e. The zero-order valence-electron chi connectivity index (χ0n) is 37.6. The van der Waals surface area contributed by atoms with E-state index in [0.29, 0.717) is 17.5 Å². The second-order valence-electron chi connectivity index (χ2n) is 18.3. The van der Waals surface area contributed by atoms with Crippen LogP contribution in [0.1, 0.15) is 0 Å². The molecule has 0 spiro atoms. The van der Waals surface area contributed by atoms with E-state index in [0.717, 1.165) is 88.0 Å². The predicted molar refractivity (Wildman–Crippen MR) is 291 cm³/mol. The summed E-state index contributed by atoms with van der Waals surface area (Å²) in [6.45, 7) is 0. The van der Waals surface area contributed by atoms with Gasteiger partial charge in [0.05, 0.1) is 11.0 Å². The smallest absolute Gasteiger partial charge is 0.164 e. The van der Waals surface area contributed by atoms with E-state index in [1.54, 1.807) is 0 Å². The maximum Gasteiger partial charge on any atom is 0.164 e. The molecule has 3 aromatic heterocycles. The number of fused-ring (bicyclic) bond motifs is 13. The summed E-state index contributed by atoms with van der Waals surface area (Å²) in [4.78, 5) is 16.6. The van der Waals surface area contributed by atoms with Gasteiger partial charge in [-0.15, -0.1) is 0 Å². The third-order valence-corrected chi connectivity index (χ3v) is 14.4. The van der Waals surface area contributed by atoms with Crippen LogP contribution in [0.5, 0.6) is 0 Å². The molecule has 3 heterocycles. The first kappa shape index (κ1) is 38.6. The van der Waals surface area contributed by atoms with Crippen molar-refractivity contribution in [3.63, 3.8) is 0 Å². The molecule has 0 aliphatic rings. The van der Waals surface area contributed by atoms with Gasteiger partial charge in [0.25, 0.3) is 0 Å². The van der Waals surface area contributed by atoms with Gasteiger partial charge in [0.2, 0.25) is 0 Å². The molecule has 0 saturated heterocycles. The molecule has 0 atom stereocenters. The number of para-hydroxylation sites is 2. The first-order chi connectivity index (χ1) is 34.7. The highest BCUT2D eigenvalue weighted by Crippen LogP contribution is 2.44. The molecule has 0 fully saturated rings. The number of furan rings is 1. The normalized spacial score (nSPS) is 12.0. The average molecular weight is 891 g/mol. The van der Waals surface area contributed by atoms with Crippen molar-refractivity contribution >= 4 is 97.6 Å². The van der Waals surface area contributed by atoms with Gasteiger partial charge in [-0.3, -0.25) is 0 Å². The summed E-state index contributed by atoms with van der Waals surface area (Å²) in [6.07, 6.45) is 0. The summed E-state index contributed by atoms with van der Waals surface area (Å²) in [5.74, 6) is 1.79. The Bertz CT molecular complexity index is 4540. The molecular weight excluding hydrogens is 853 g/mol. The molecule has 0 unspecified atom stereocenters. The number of rotatable bonds is 5. The van der Waals surface area contributed by atoms with Crippen LogP contribution in [0.4, 0.5) is 0 Å². The highest BCUT2D eigenvalue weighted by atomic mass is 16.3. The lowest BCUT2D eigenvalue weighted by Gasteiger charge is -2.17. The van der Waals surface area contributed by atoms with Crippen LogP contribution in [0.15, 0.2) is 235 Å². The van der Waals surface area contributed by atoms with Crippen molar-refractivity contribution in [1.29, 1.82) is 0 Å². The van der Waals surface area contributed by atoms with Crippen LogP contribution in [0.3, 0.4) is 0 Å². The van der Waals surface area contributed by atoms with Gasteiger partial charge in [-0.25, -0.2) is 15.0 Å². The number of nitrogens with zero attached hydrogens (tertiary/aromatic N) is 4. The third-order valence-electron chi connectivity index (χ3n) is 14.4. The Labute approximate surface area is 401 Å². The maximum absolute atomic E-state index is 6.57. The minimum atomic E-state index is 0.579. The van der Waals surface area contributed by atoms with Gasteiger partial charge in [-0.05, 0) is 114 Å². The molecule has 0 radical (unpaired) electrons. The van der Waals surface area contributed by atoms with E-state index in [2.05, 4.69) is 223 Å². The van der Waals surface area contributed by atoms with Crippen molar-refractivity contribution in [2.45, 2.75) is 0 Å². The molecule has 70 heavy (non-hydrogen) atoms. The van der Waals surface area contributed by atoms with Gasteiger partial charge in [-0.2, -0.15) is 0 Å². The van der Waals surface area contributed by atoms with E-state index in [1.807, 2.05) is 12.1 Å². The van der Waals surface area contributed by atoms with Crippen molar-refractivity contribution in [2.75, 3.05) is 0 Å². The molecule has 0 aliphatic carbocycles. The van der Waals surface area contributed by atoms with Gasteiger partial charge in [0.15, 0.2) is 17.5 Å². The number of hydrogen-bond acceptors (Lipinski definition) is 4. The lowest BCUT2D eigenvalue weighted by molar-refractivity contribution is 0.669. The van der Waals surface area contributed by atoms with Gasteiger partial charge < -0.3 is 8.98 Å². The van der Waals surface area contributed by atoms with Crippen LogP contribution in [0, 0.1) is 0 Å². The lowest BCUT2D eigenvalue weighted by Crippen LogP contribution is -2.03. The van der Waals surface area contributed by atoms with E-state index in [9.17, 15) is 0 Å². The van der Waals surface area contributed by atoms with Crippen molar-refractivity contribution in [3.05, 3.63) is 231 Å². The SMILES string of the molecule is c1ccc2cc3c(cc2c1)c1ccccc1n3-c1ccc(-c2nc(-c3cccc4c3ccc3ccccc34)nc(-c3cccc4c3ccc3ccccc34)n2)c(-c2cccc3oc4ccccc4c23)c1. The molecule has 15 rings (SSSR count). The minimum absolute atomic E-state index is 0.579. The van der Waals surface area contributed by atoms with E-state index < -0.39 is 0 Å². The average Bonchev–Trinajstić information content (AvgIpc) is 3.97. The van der Waals surface area contributed by atoms with Gasteiger partial charge in [0.1, 0.15) is 11.2 Å². The molecule has 324 valence electrons. The number of benzene rings is 12. The molecule has 5 nitrogen and oxygen atoms in total. The summed E-state index contributed by atoms with van der Waals surface area (Å²) in [6, 6.07) is 82.3. The van der Waals surface area contributed by atoms with Gasteiger partial charge in [-0.1, -0.05) is 182 Å². The Hall–Kier alpha value is -9.45. The summed E-state index contributed by atoms with van der Waals surface area (Å²) in [5.41, 5.74) is 9.75. The largest absolute Gasteiger partial charge is 0.456 e. The molecule has 0 N–H and O–H groups in total. The van der Waals surface area contributed by atoms with Crippen molar-refractivity contribution < 1.29 is 4.42 Å². The first-order valence-corrected chi connectivity index (χ1v) is 23.8. The van der Waals surface area contributed by atoms with Crippen LogP contribution in [0.25, 0.3) is 149 Å². The fourth-order valence-corrected chi connectivity index (χ4v) is 11.2. The maximum atomic E-state index is 6.57. The van der Waals surface area contributed by atoms with E-state index in [4.69, 9.17) is 19.4 Å². The molecule has 15 aromatic rings. The molecule has 5 heteroatoms. The lowest BCUT2D eigenvalue weighted by atomic mass is 9.94. The van der Waals surface area contributed by atoms with E-state index in [-0.39, 0.29) is 0 Å². The second kappa shape index (κ2) is 15.0. The molecular formula is C65H38N4O. The van der Waals surface area contributed by atoms with Crippen LogP contribution < -0.4 is 0 Å². The zero-order valence-corrected chi connectivity index (χ0v) is 37.6. The van der Waals surface area contributed by atoms with Crippen molar-refractivity contribution in [2.24, 2.45) is 0 Å². The molecule has 0 bridgehead atoms. The predicted octanol–water partition coefficient (Wildman–Crippen LogP) is 17.3. The number of hydrogen-bond donors (Lipinski definition) is 0. The summed E-state index contributed by atoms with van der Waals surface area (Å²) in [7, 11) is 0. The quantitative estimate of drug-likeness (QED) is 0.162. The fraction of sp³-hybridized carbons (Fsp3) is 0. The Kier molecular flexibility index (Phi) is 8.29. The first-order valence-electron chi connectivity index (χ1n) is 23.8. The van der Waals surface area contributed by atoms with Crippen LogP contribution in [-0.4, -0.2) is 19.5 Å². The Morgan fingerprint density at radius 2 is 0.786 bits per heavy atom. The van der Waals surface area contributed by atoms with E-state index >= 15 is 0 Å². The molecule has 0 saturated carbocycles. The molecule has 12 aromatic carbocycles. The second-order valence-corrected chi connectivity index (χ2v) is 18.3. The van der Waals surface area contributed by atoms with Crippen molar-refractivity contribution in [1.82, 2.24) is 19.5 Å².